The number of rotatable bonds is 8. The maximum absolute atomic E-state index is 11.9. The number of nitrogens with one attached hydrogen (secondary N) is 1. The Bertz CT molecular complexity index is 953. The van der Waals surface area contributed by atoms with Crippen LogP contribution < -0.4 is 15.3 Å². The summed E-state index contributed by atoms with van der Waals surface area (Å²) in [6, 6.07) is 14.0. The van der Waals surface area contributed by atoms with E-state index in [4.69, 9.17) is 9.15 Å². The first-order valence-electron chi connectivity index (χ1n) is 7.84. The number of aromatic nitrogens is 1. The second kappa shape index (κ2) is 8.86. The van der Waals surface area contributed by atoms with Gasteiger partial charge in [-0.05, 0) is 24.3 Å². The van der Waals surface area contributed by atoms with Gasteiger partial charge in [0.25, 0.3) is 11.1 Å². The summed E-state index contributed by atoms with van der Waals surface area (Å²) in [6.07, 6.45) is 1.37. The Kier molecular flexibility index (Phi) is 6.06. The van der Waals surface area contributed by atoms with Crippen LogP contribution >= 0.6 is 11.8 Å². The van der Waals surface area contributed by atoms with E-state index in [-0.39, 0.29) is 11.7 Å². The van der Waals surface area contributed by atoms with E-state index >= 15 is 0 Å². The third-order valence-corrected chi connectivity index (χ3v) is 4.09. The Morgan fingerprint density at radius 1 is 1.22 bits per heavy atom. The van der Waals surface area contributed by atoms with Gasteiger partial charge < -0.3 is 19.1 Å². The van der Waals surface area contributed by atoms with E-state index < -0.39 is 12.6 Å². The van der Waals surface area contributed by atoms with Crippen molar-refractivity contribution in [2.45, 2.75) is 5.22 Å². The standard InChI is InChI=1S/C18H15N3O5S/c22-16(11-27-18-20-13-6-2-4-8-15(13)26-18)21-19-9-12-5-1-3-7-14(12)25-10-17(23)24/h1-9H,10-11H2,(H,21,22)(H,23,24)/p-1/b19-9-. The summed E-state index contributed by atoms with van der Waals surface area (Å²) in [5.41, 5.74) is 4.29. The van der Waals surface area contributed by atoms with Gasteiger partial charge >= 0.3 is 0 Å². The number of carbonyl (C=O) groups excluding carboxylic acids is 2. The highest BCUT2D eigenvalue weighted by molar-refractivity contribution is 7.99. The maximum atomic E-state index is 11.9. The number of hydrogen-bond acceptors (Lipinski definition) is 8. The number of para-hydroxylation sites is 3. The first kappa shape index (κ1) is 18.5. The van der Waals surface area contributed by atoms with Crippen LogP contribution in [0.15, 0.2) is 63.3 Å². The Hall–Kier alpha value is -3.33. The van der Waals surface area contributed by atoms with E-state index in [1.54, 1.807) is 30.3 Å². The van der Waals surface area contributed by atoms with Crippen LogP contribution in [0.25, 0.3) is 11.1 Å². The average Bonchev–Trinajstić information content (AvgIpc) is 3.08. The lowest BCUT2D eigenvalue weighted by Crippen LogP contribution is -2.29. The van der Waals surface area contributed by atoms with Crippen molar-refractivity contribution in [2.75, 3.05) is 12.4 Å². The molecule has 1 aromatic heterocycles. The minimum Gasteiger partial charge on any atom is -0.546 e. The molecule has 0 aliphatic rings. The van der Waals surface area contributed by atoms with E-state index in [1.807, 2.05) is 18.2 Å². The number of thioether (sulfide) groups is 1. The monoisotopic (exact) mass is 384 g/mol. The number of hydrogen-bond donors (Lipinski definition) is 1. The van der Waals surface area contributed by atoms with Crippen LogP contribution in [0.5, 0.6) is 5.75 Å². The van der Waals surface area contributed by atoms with Gasteiger partial charge in [-0.2, -0.15) is 5.10 Å². The molecule has 3 aromatic rings. The molecular formula is C18H14N3O5S-. The van der Waals surface area contributed by atoms with Crippen LogP contribution in [0.2, 0.25) is 0 Å². The zero-order valence-electron chi connectivity index (χ0n) is 14.0. The summed E-state index contributed by atoms with van der Waals surface area (Å²) in [7, 11) is 0. The predicted octanol–water partition coefficient (Wildman–Crippen LogP) is 1.20. The number of aliphatic carboxylic acids is 1. The lowest BCUT2D eigenvalue weighted by Gasteiger charge is -2.08. The van der Waals surface area contributed by atoms with Crippen molar-refractivity contribution >= 4 is 41.0 Å². The highest BCUT2D eigenvalue weighted by Crippen LogP contribution is 2.22. The third-order valence-electron chi connectivity index (χ3n) is 3.26. The van der Waals surface area contributed by atoms with E-state index in [0.29, 0.717) is 22.1 Å². The average molecular weight is 384 g/mol. The summed E-state index contributed by atoms with van der Waals surface area (Å²) in [5.74, 6) is -1.27. The number of nitrogens with zero attached hydrogens (tertiary/aromatic N) is 2. The van der Waals surface area contributed by atoms with Gasteiger partial charge in [-0.1, -0.05) is 36.0 Å². The number of oxazole rings is 1. The first-order chi connectivity index (χ1) is 13.1. The van der Waals surface area contributed by atoms with E-state index in [2.05, 4.69) is 15.5 Å². The molecule has 0 fully saturated rings. The fourth-order valence-corrected chi connectivity index (χ4v) is 2.73. The number of carboxylic acid groups (broad SMARTS) is 1. The molecule has 8 nitrogen and oxygen atoms in total. The second-order valence-corrected chi connectivity index (χ2v) is 6.15. The van der Waals surface area contributed by atoms with Gasteiger partial charge in [0.2, 0.25) is 0 Å². The number of ether oxygens (including phenoxy) is 1. The topological polar surface area (TPSA) is 117 Å². The maximum Gasteiger partial charge on any atom is 0.257 e. The lowest BCUT2D eigenvalue weighted by molar-refractivity contribution is -0.307. The summed E-state index contributed by atoms with van der Waals surface area (Å²) >= 11 is 1.15. The molecule has 27 heavy (non-hydrogen) atoms. The van der Waals surface area contributed by atoms with Gasteiger partial charge in [0.15, 0.2) is 5.58 Å². The molecule has 3 rings (SSSR count). The molecular weight excluding hydrogens is 370 g/mol. The Balaban J connectivity index is 1.52. The molecule has 0 atom stereocenters. The molecule has 1 amide bonds. The lowest BCUT2D eigenvalue weighted by atomic mass is 10.2. The zero-order valence-corrected chi connectivity index (χ0v) is 14.8. The van der Waals surface area contributed by atoms with Crippen LogP contribution in [-0.2, 0) is 9.59 Å². The molecule has 0 aliphatic heterocycles. The van der Waals surface area contributed by atoms with Crippen LogP contribution in [0.1, 0.15) is 5.56 Å². The van der Waals surface area contributed by atoms with Crippen LogP contribution in [0, 0.1) is 0 Å². The molecule has 0 bridgehead atoms. The van der Waals surface area contributed by atoms with Gasteiger partial charge in [0, 0.05) is 5.56 Å². The van der Waals surface area contributed by atoms with Crippen LogP contribution in [0.3, 0.4) is 0 Å². The fourth-order valence-electron chi connectivity index (χ4n) is 2.10. The molecule has 0 aliphatic carbocycles. The smallest absolute Gasteiger partial charge is 0.257 e. The zero-order chi connectivity index (χ0) is 19.1. The highest BCUT2D eigenvalue weighted by Gasteiger charge is 2.08. The number of carbonyl (C=O) groups is 2. The van der Waals surface area contributed by atoms with E-state index in [9.17, 15) is 14.7 Å². The molecule has 0 spiro atoms. The van der Waals surface area contributed by atoms with Gasteiger partial charge in [0.05, 0.1) is 17.9 Å². The summed E-state index contributed by atoms with van der Waals surface area (Å²) in [5, 5.41) is 14.7. The van der Waals surface area contributed by atoms with Gasteiger partial charge in [-0.15, -0.1) is 0 Å². The van der Waals surface area contributed by atoms with Crippen LogP contribution in [0.4, 0.5) is 0 Å². The SMILES string of the molecule is O=C([O-])COc1ccccc1/C=N\NC(=O)CSc1nc2ccccc2o1. The number of fused-ring (bicyclic) bond motifs is 1. The van der Waals surface area contributed by atoms with E-state index in [1.165, 1.54) is 6.21 Å². The molecule has 1 N–H and O–H groups in total. The molecule has 0 saturated carbocycles. The Morgan fingerprint density at radius 3 is 2.81 bits per heavy atom. The van der Waals surface area contributed by atoms with Crippen molar-refractivity contribution < 1.29 is 23.8 Å². The normalized spacial score (nSPS) is 11.0. The highest BCUT2D eigenvalue weighted by atomic mass is 32.2. The molecule has 0 unspecified atom stereocenters. The third kappa shape index (κ3) is 5.32. The summed E-state index contributed by atoms with van der Waals surface area (Å²) in [4.78, 5) is 26.6. The number of hydrazone groups is 1. The second-order valence-electron chi connectivity index (χ2n) is 5.23. The minimum atomic E-state index is -1.33. The fraction of sp³-hybridized carbons (Fsp3) is 0.111. The van der Waals surface area contributed by atoms with Crippen molar-refractivity contribution in [3.05, 3.63) is 54.1 Å². The molecule has 0 saturated heterocycles. The Labute approximate surface area is 158 Å². The molecule has 138 valence electrons. The Morgan fingerprint density at radius 2 is 2.00 bits per heavy atom. The van der Waals surface area contributed by atoms with Crippen molar-refractivity contribution in [1.29, 1.82) is 0 Å². The molecule has 1 heterocycles. The summed E-state index contributed by atoms with van der Waals surface area (Å²) in [6.45, 7) is -0.571. The number of amides is 1. The quantitative estimate of drug-likeness (QED) is 0.352. The largest absolute Gasteiger partial charge is 0.546 e. The van der Waals surface area contributed by atoms with Crippen molar-refractivity contribution in [2.24, 2.45) is 5.10 Å². The predicted molar refractivity (Wildman–Crippen MR) is 97.4 cm³/mol. The molecule has 0 radical (unpaired) electrons. The molecule has 9 heteroatoms. The van der Waals surface area contributed by atoms with Crippen molar-refractivity contribution in [3.63, 3.8) is 0 Å². The van der Waals surface area contributed by atoms with Crippen LogP contribution in [-0.4, -0.2) is 35.4 Å². The van der Waals surface area contributed by atoms with Gasteiger partial charge in [0.1, 0.15) is 17.9 Å². The van der Waals surface area contributed by atoms with E-state index in [0.717, 1.165) is 17.3 Å². The van der Waals surface area contributed by atoms with Crippen molar-refractivity contribution in [3.8, 4) is 5.75 Å². The minimum absolute atomic E-state index is 0.0764. The number of benzene rings is 2. The first-order valence-corrected chi connectivity index (χ1v) is 8.82. The number of carboxylic acids is 1. The van der Waals surface area contributed by atoms with Crippen molar-refractivity contribution in [1.82, 2.24) is 10.4 Å². The summed E-state index contributed by atoms with van der Waals surface area (Å²) < 4.78 is 10.6. The van der Waals surface area contributed by atoms with Gasteiger partial charge in [-0.3, -0.25) is 4.79 Å². The molecule has 2 aromatic carbocycles. The van der Waals surface area contributed by atoms with Gasteiger partial charge in [-0.25, -0.2) is 10.4 Å².